The Labute approximate surface area is 137 Å². The number of hydrogen-bond donors (Lipinski definition) is 1. The fourth-order valence-corrected chi connectivity index (χ4v) is 3.01. The second-order valence-electron chi connectivity index (χ2n) is 4.42. The largest absolute Gasteiger partial charge is 0.309 e. The van der Waals surface area contributed by atoms with Crippen molar-refractivity contribution in [3.63, 3.8) is 0 Å². The van der Waals surface area contributed by atoms with Gasteiger partial charge in [0.1, 0.15) is 0 Å². The van der Waals surface area contributed by atoms with Gasteiger partial charge in [0.25, 0.3) is 0 Å². The highest BCUT2D eigenvalue weighted by Gasteiger charge is 2.17. The van der Waals surface area contributed by atoms with E-state index in [2.05, 4.69) is 33.2 Å². The molecule has 0 spiro atoms. The molecular weight excluding hydrogens is 359 g/mol. The lowest BCUT2D eigenvalue weighted by Crippen LogP contribution is -2.24. The van der Waals surface area contributed by atoms with Crippen LogP contribution in [0.4, 0.5) is 0 Å². The second kappa shape index (κ2) is 7.41. The van der Waals surface area contributed by atoms with Crippen LogP contribution < -0.4 is 5.32 Å². The third-order valence-corrected chi connectivity index (χ3v) is 4.27. The van der Waals surface area contributed by atoms with Crippen LogP contribution in [-0.4, -0.2) is 11.5 Å². The molecule has 0 aliphatic carbocycles. The topological polar surface area (TPSA) is 24.9 Å². The summed E-state index contributed by atoms with van der Waals surface area (Å²) in [5.41, 5.74) is 1.99. The van der Waals surface area contributed by atoms with Crippen molar-refractivity contribution in [1.82, 2.24) is 10.3 Å². The van der Waals surface area contributed by atoms with Gasteiger partial charge in [0.2, 0.25) is 0 Å². The second-order valence-corrected chi connectivity index (χ2v) is 6.12. The van der Waals surface area contributed by atoms with Crippen LogP contribution in [0.3, 0.4) is 0 Å². The molecule has 0 amide bonds. The monoisotopic (exact) mass is 372 g/mol. The SMILES string of the molecule is CCNC(Cc1cc(Cl)ccc1Cl)c1ncccc1Br. The highest BCUT2D eigenvalue weighted by molar-refractivity contribution is 9.10. The fraction of sp³-hybridized carbons (Fsp3) is 0.267. The van der Waals surface area contributed by atoms with Crippen LogP contribution in [0.25, 0.3) is 0 Å². The van der Waals surface area contributed by atoms with Crippen LogP contribution in [0.1, 0.15) is 24.2 Å². The molecule has 2 aromatic rings. The van der Waals surface area contributed by atoms with E-state index in [-0.39, 0.29) is 6.04 Å². The summed E-state index contributed by atoms with van der Waals surface area (Å²) in [5.74, 6) is 0. The zero-order chi connectivity index (χ0) is 14.5. The molecule has 0 aliphatic heterocycles. The van der Waals surface area contributed by atoms with Gasteiger partial charge >= 0.3 is 0 Å². The minimum absolute atomic E-state index is 0.0894. The molecule has 1 atom stereocenters. The summed E-state index contributed by atoms with van der Waals surface area (Å²) in [6.07, 6.45) is 2.53. The Bertz CT molecular complexity index is 590. The van der Waals surface area contributed by atoms with E-state index in [0.29, 0.717) is 5.02 Å². The van der Waals surface area contributed by atoms with Gasteiger partial charge in [0.05, 0.1) is 11.7 Å². The third kappa shape index (κ3) is 3.95. The lowest BCUT2D eigenvalue weighted by atomic mass is 10.0. The number of aromatic nitrogens is 1. The van der Waals surface area contributed by atoms with Crippen LogP contribution in [0.15, 0.2) is 41.0 Å². The van der Waals surface area contributed by atoms with E-state index in [1.165, 1.54) is 0 Å². The number of rotatable bonds is 5. The van der Waals surface area contributed by atoms with Crippen LogP contribution in [-0.2, 0) is 6.42 Å². The molecule has 1 unspecified atom stereocenters. The number of likely N-dealkylation sites (N-methyl/N-ethyl adjacent to an activating group) is 1. The first-order valence-electron chi connectivity index (χ1n) is 6.39. The fourth-order valence-electron chi connectivity index (χ4n) is 2.09. The molecular formula is C15H15BrCl2N2. The first kappa shape index (κ1) is 15.8. The van der Waals surface area contributed by atoms with Gasteiger partial charge in [-0.25, -0.2) is 0 Å². The van der Waals surface area contributed by atoms with E-state index >= 15 is 0 Å². The van der Waals surface area contributed by atoms with Crippen molar-refractivity contribution in [1.29, 1.82) is 0 Å². The zero-order valence-electron chi connectivity index (χ0n) is 11.0. The minimum atomic E-state index is 0.0894. The molecule has 20 heavy (non-hydrogen) atoms. The maximum atomic E-state index is 6.25. The van der Waals surface area contributed by atoms with E-state index in [1.54, 1.807) is 12.3 Å². The average molecular weight is 374 g/mol. The predicted octanol–water partition coefficient (Wildman–Crippen LogP) is 5.04. The van der Waals surface area contributed by atoms with Gasteiger partial charge in [0, 0.05) is 20.7 Å². The molecule has 0 bridgehead atoms. The van der Waals surface area contributed by atoms with Crippen molar-refractivity contribution >= 4 is 39.1 Å². The molecule has 2 nitrogen and oxygen atoms in total. The summed E-state index contributed by atoms with van der Waals surface area (Å²) in [6.45, 7) is 2.93. The van der Waals surface area contributed by atoms with Crippen LogP contribution in [0.5, 0.6) is 0 Å². The highest BCUT2D eigenvalue weighted by Crippen LogP contribution is 2.28. The summed E-state index contributed by atoms with van der Waals surface area (Å²) >= 11 is 15.9. The average Bonchev–Trinajstić information content (AvgIpc) is 2.43. The number of nitrogens with one attached hydrogen (secondary N) is 1. The Morgan fingerprint density at radius 2 is 2.10 bits per heavy atom. The van der Waals surface area contributed by atoms with Gasteiger partial charge in [-0.1, -0.05) is 30.1 Å². The maximum Gasteiger partial charge on any atom is 0.0718 e. The number of halogens is 3. The van der Waals surface area contributed by atoms with E-state index in [4.69, 9.17) is 23.2 Å². The molecule has 0 aliphatic rings. The van der Waals surface area contributed by atoms with Crippen molar-refractivity contribution in [3.05, 3.63) is 62.3 Å². The molecule has 0 fully saturated rings. The molecule has 0 saturated carbocycles. The number of hydrogen-bond acceptors (Lipinski definition) is 2. The molecule has 1 heterocycles. The van der Waals surface area contributed by atoms with Gasteiger partial charge < -0.3 is 5.32 Å². The molecule has 106 valence electrons. The predicted molar refractivity (Wildman–Crippen MR) is 88.5 cm³/mol. The smallest absolute Gasteiger partial charge is 0.0718 e. The van der Waals surface area contributed by atoms with E-state index in [1.807, 2.05) is 24.3 Å². The van der Waals surface area contributed by atoms with Gasteiger partial charge in [-0.3, -0.25) is 4.98 Å². The zero-order valence-corrected chi connectivity index (χ0v) is 14.1. The molecule has 1 N–H and O–H groups in total. The standard InChI is InChI=1S/C15H15BrCl2N2/c1-2-19-14(15-12(16)4-3-7-20-15)9-10-8-11(17)5-6-13(10)18/h3-8,14,19H,2,9H2,1H3. The molecule has 1 aromatic heterocycles. The van der Waals surface area contributed by atoms with Gasteiger partial charge in [0.15, 0.2) is 0 Å². The van der Waals surface area contributed by atoms with Crippen LogP contribution in [0, 0.1) is 0 Å². The van der Waals surface area contributed by atoms with E-state index in [9.17, 15) is 0 Å². The van der Waals surface area contributed by atoms with Gasteiger partial charge in [-0.05, 0) is 64.8 Å². The van der Waals surface area contributed by atoms with Crippen molar-refractivity contribution in [2.75, 3.05) is 6.54 Å². The number of pyridine rings is 1. The maximum absolute atomic E-state index is 6.25. The molecule has 5 heteroatoms. The summed E-state index contributed by atoms with van der Waals surface area (Å²) in [4.78, 5) is 4.46. The molecule has 0 radical (unpaired) electrons. The van der Waals surface area contributed by atoms with Gasteiger partial charge in [-0.15, -0.1) is 0 Å². The third-order valence-electron chi connectivity index (χ3n) is 3.00. The first-order chi connectivity index (χ1) is 9.61. The first-order valence-corrected chi connectivity index (χ1v) is 7.94. The normalized spacial score (nSPS) is 12.4. The van der Waals surface area contributed by atoms with Crippen molar-refractivity contribution in [2.24, 2.45) is 0 Å². The van der Waals surface area contributed by atoms with E-state index < -0.39 is 0 Å². The highest BCUT2D eigenvalue weighted by atomic mass is 79.9. The van der Waals surface area contributed by atoms with Crippen molar-refractivity contribution in [2.45, 2.75) is 19.4 Å². The number of benzene rings is 1. The molecule has 0 saturated heterocycles. The van der Waals surface area contributed by atoms with Crippen molar-refractivity contribution in [3.8, 4) is 0 Å². The van der Waals surface area contributed by atoms with Crippen molar-refractivity contribution < 1.29 is 0 Å². The lowest BCUT2D eigenvalue weighted by molar-refractivity contribution is 0.534. The van der Waals surface area contributed by atoms with Gasteiger partial charge in [-0.2, -0.15) is 0 Å². The van der Waals surface area contributed by atoms with Crippen LogP contribution >= 0.6 is 39.1 Å². The van der Waals surface area contributed by atoms with Crippen LogP contribution in [0.2, 0.25) is 10.0 Å². The Balaban J connectivity index is 2.30. The summed E-state index contributed by atoms with van der Waals surface area (Å²) in [7, 11) is 0. The Kier molecular flexibility index (Phi) is 5.85. The lowest BCUT2D eigenvalue weighted by Gasteiger charge is -2.19. The number of nitrogens with zero attached hydrogens (tertiary/aromatic N) is 1. The molecule has 2 rings (SSSR count). The summed E-state index contributed by atoms with van der Waals surface area (Å²) in [5, 5.41) is 4.86. The summed E-state index contributed by atoms with van der Waals surface area (Å²) < 4.78 is 0.990. The van der Waals surface area contributed by atoms with E-state index in [0.717, 1.165) is 33.7 Å². The minimum Gasteiger partial charge on any atom is -0.309 e. The Morgan fingerprint density at radius 1 is 1.30 bits per heavy atom. The quantitative estimate of drug-likeness (QED) is 0.793. The summed E-state index contributed by atoms with van der Waals surface area (Å²) in [6, 6.07) is 9.52. The molecule has 1 aromatic carbocycles. The Hall–Kier alpha value is -0.610. The Morgan fingerprint density at radius 3 is 2.80 bits per heavy atom.